The number of hydrogen-bond donors (Lipinski definition) is 1. The molecule has 3 aromatic rings. The van der Waals surface area contributed by atoms with Gasteiger partial charge in [-0.25, -0.2) is 0 Å². The third kappa shape index (κ3) is 5.28. The molecule has 0 unspecified atom stereocenters. The van der Waals surface area contributed by atoms with Gasteiger partial charge in [-0.3, -0.25) is 4.79 Å². The molecule has 0 aliphatic carbocycles. The molecule has 0 radical (unpaired) electrons. The van der Waals surface area contributed by atoms with E-state index in [1.807, 2.05) is 61.5 Å². The molecule has 0 aliphatic heterocycles. The molecule has 1 amide bonds. The van der Waals surface area contributed by atoms with Crippen LogP contribution < -0.4 is 5.32 Å². The van der Waals surface area contributed by atoms with Gasteiger partial charge in [0.15, 0.2) is 5.69 Å². The molecule has 0 bridgehead atoms. The number of benzene rings is 2. The van der Waals surface area contributed by atoms with Crippen molar-refractivity contribution in [2.24, 2.45) is 0 Å². The van der Waals surface area contributed by atoms with Crippen molar-refractivity contribution in [1.82, 2.24) is 15.1 Å². The average Bonchev–Trinajstić information content (AvgIpc) is 2.72. The molecule has 0 aliphatic rings. The van der Waals surface area contributed by atoms with Crippen molar-refractivity contribution in [3.05, 3.63) is 88.6 Å². The van der Waals surface area contributed by atoms with Gasteiger partial charge < -0.3 is 10.2 Å². The highest BCUT2D eigenvalue weighted by molar-refractivity contribution is 6.30. The van der Waals surface area contributed by atoms with Crippen molar-refractivity contribution < 1.29 is 4.79 Å². The minimum atomic E-state index is -0.127. The van der Waals surface area contributed by atoms with Crippen LogP contribution >= 0.6 is 11.6 Å². The Kier molecular flexibility index (Phi) is 6.39. The number of rotatable bonds is 7. The fourth-order valence-electron chi connectivity index (χ4n) is 2.63. The zero-order valence-electron chi connectivity index (χ0n) is 15.1. The number of nitrogens with zero attached hydrogens (tertiary/aromatic N) is 3. The highest BCUT2D eigenvalue weighted by atomic mass is 35.5. The average molecular weight is 381 g/mol. The molecule has 0 saturated carbocycles. The topological polar surface area (TPSA) is 58.1 Å². The molecule has 0 atom stereocenters. The predicted molar refractivity (Wildman–Crippen MR) is 108 cm³/mol. The third-order valence-corrected chi connectivity index (χ3v) is 4.41. The van der Waals surface area contributed by atoms with Crippen LogP contribution in [-0.2, 0) is 13.1 Å². The molecule has 2 aromatic carbocycles. The summed E-state index contributed by atoms with van der Waals surface area (Å²) in [6.07, 6.45) is 0. The Balaban J connectivity index is 1.61. The Hall–Kier alpha value is -2.92. The van der Waals surface area contributed by atoms with E-state index in [4.69, 9.17) is 11.6 Å². The van der Waals surface area contributed by atoms with Gasteiger partial charge in [0, 0.05) is 24.7 Å². The second-order valence-electron chi connectivity index (χ2n) is 6.09. The Morgan fingerprint density at radius 1 is 0.963 bits per heavy atom. The molecule has 1 aromatic heterocycles. The van der Waals surface area contributed by atoms with Gasteiger partial charge in [-0.05, 0) is 42.3 Å². The van der Waals surface area contributed by atoms with E-state index in [9.17, 15) is 4.79 Å². The number of anilines is 1. The first kappa shape index (κ1) is 18.9. The lowest BCUT2D eigenvalue weighted by molar-refractivity contribution is 0.0745. The summed E-state index contributed by atoms with van der Waals surface area (Å²) in [6, 6.07) is 21.0. The largest absolute Gasteiger partial charge is 0.365 e. The highest BCUT2D eigenvalue weighted by Gasteiger charge is 2.16. The lowest BCUT2D eigenvalue weighted by Gasteiger charge is -2.20. The Morgan fingerprint density at radius 2 is 1.70 bits per heavy atom. The van der Waals surface area contributed by atoms with Crippen molar-refractivity contribution in [3.8, 4) is 0 Å². The Morgan fingerprint density at radius 3 is 2.33 bits per heavy atom. The summed E-state index contributed by atoms with van der Waals surface area (Å²) >= 11 is 5.89. The number of carbonyl (C=O) groups is 1. The Bertz CT molecular complexity index is 867. The second-order valence-corrected chi connectivity index (χ2v) is 6.53. The van der Waals surface area contributed by atoms with Crippen molar-refractivity contribution >= 4 is 23.3 Å². The van der Waals surface area contributed by atoms with E-state index >= 15 is 0 Å². The van der Waals surface area contributed by atoms with E-state index in [2.05, 4.69) is 15.5 Å². The monoisotopic (exact) mass is 380 g/mol. The molecule has 0 saturated heterocycles. The fourth-order valence-corrected chi connectivity index (χ4v) is 2.75. The van der Waals surface area contributed by atoms with Crippen molar-refractivity contribution in [1.29, 1.82) is 0 Å². The van der Waals surface area contributed by atoms with Crippen LogP contribution in [0.25, 0.3) is 0 Å². The van der Waals surface area contributed by atoms with Crippen LogP contribution in [0.4, 0.5) is 5.82 Å². The molecule has 0 fully saturated rings. The molecule has 1 N–H and O–H groups in total. The maximum atomic E-state index is 12.7. The molecule has 138 valence electrons. The number of nitrogens with one attached hydrogen (secondary N) is 1. The standard InChI is InChI=1S/C21H21ClN4O/c1-2-26(15-17-6-4-3-5-7-17)21(27)19-12-13-20(25-24-19)23-14-16-8-10-18(22)11-9-16/h3-13H,2,14-15H2,1H3,(H,23,25). The Labute approximate surface area is 164 Å². The third-order valence-electron chi connectivity index (χ3n) is 4.16. The molecule has 6 heteroatoms. The van der Waals surface area contributed by atoms with Gasteiger partial charge in [0.2, 0.25) is 0 Å². The van der Waals surface area contributed by atoms with Crippen molar-refractivity contribution in [3.63, 3.8) is 0 Å². The molecule has 0 spiro atoms. The van der Waals surface area contributed by atoms with Crippen LogP contribution in [0.1, 0.15) is 28.5 Å². The summed E-state index contributed by atoms with van der Waals surface area (Å²) in [5, 5.41) is 12.1. The number of carbonyl (C=O) groups excluding carboxylic acids is 1. The van der Waals surface area contributed by atoms with Gasteiger partial charge in [0.25, 0.3) is 5.91 Å². The summed E-state index contributed by atoms with van der Waals surface area (Å²) in [4.78, 5) is 14.4. The zero-order valence-corrected chi connectivity index (χ0v) is 15.9. The molecule has 1 heterocycles. The van der Waals surface area contributed by atoms with Crippen LogP contribution in [0, 0.1) is 0 Å². The second kappa shape index (κ2) is 9.14. The highest BCUT2D eigenvalue weighted by Crippen LogP contribution is 2.12. The number of halogens is 1. The number of amides is 1. The summed E-state index contributed by atoms with van der Waals surface area (Å²) < 4.78 is 0. The zero-order chi connectivity index (χ0) is 19.1. The first-order chi connectivity index (χ1) is 13.2. The smallest absolute Gasteiger partial charge is 0.274 e. The van der Waals surface area contributed by atoms with Gasteiger partial charge >= 0.3 is 0 Å². The van der Waals surface area contributed by atoms with Crippen LogP contribution in [0.3, 0.4) is 0 Å². The summed E-state index contributed by atoms with van der Waals surface area (Å²) in [5.74, 6) is 0.491. The summed E-state index contributed by atoms with van der Waals surface area (Å²) in [5.41, 5.74) is 2.51. The van der Waals surface area contributed by atoms with E-state index < -0.39 is 0 Å². The normalized spacial score (nSPS) is 10.4. The first-order valence-corrected chi connectivity index (χ1v) is 9.18. The van der Waals surface area contributed by atoms with E-state index in [-0.39, 0.29) is 5.91 Å². The fraction of sp³-hybridized carbons (Fsp3) is 0.190. The van der Waals surface area contributed by atoms with Crippen LogP contribution in [0.5, 0.6) is 0 Å². The van der Waals surface area contributed by atoms with E-state index in [1.165, 1.54) is 0 Å². The number of aromatic nitrogens is 2. The summed E-state index contributed by atoms with van der Waals surface area (Å²) in [7, 11) is 0. The molecule has 3 rings (SSSR count). The molecule has 27 heavy (non-hydrogen) atoms. The minimum Gasteiger partial charge on any atom is -0.365 e. The predicted octanol–water partition coefficient (Wildman–Crippen LogP) is 4.40. The van der Waals surface area contributed by atoms with Crippen molar-refractivity contribution in [2.75, 3.05) is 11.9 Å². The summed E-state index contributed by atoms with van der Waals surface area (Å²) in [6.45, 7) is 3.71. The van der Waals surface area contributed by atoms with Crippen LogP contribution in [0.2, 0.25) is 5.02 Å². The van der Waals surface area contributed by atoms with E-state index in [0.29, 0.717) is 36.2 Å². The van der Waals surface area contributed by atoms with Gasteiger partial charge in [0.1, 0.15) is 5.82 Å². The van der Waals surface area contributed by atoms with Gasteiger partial charge in [0.05, 0.1) is 0 Å². The van der Waals surface area contributed by atoms with Gasteiger partial charge in [-0.2, -0.15) is 0 Å². The van der Waals surface area contributed by atoms with Gasteiger partial charge in [-0.1, -0.05) is 54.1 Å². The first-order valence-electron chi connectivity index (χ1n) is 8.81. The van der Waals surface area contributed by atoms with Crippen LogP contribution in [-0.4, -0.2) is 27.5 Å². The molecule has 5 nitrogen and oxygen atoms in total. The van der Waals surface area contributed by atoms with Crippen molar-refractivity contribution in [2.45, 2.75) is 20.0 Å². The minimum absolute atomic E-state index is 0.127. The molecular formula is C21H21ClN4O. The lowest BCUT2D eigenvalue weighted by Crippen LogP contribution is -2.31. The maximum Gasteiger partial charge on any atom is 0.274 e. The van der Waals surface area contributed by atoms with Gasteiger partial charge in [-0.15, -0.1) is 10.2 Å². The quantitative estimate of drug-likeness (QED) is 0.659. The molecular weight excluding hydrogens is 360 g/mol. The SMILES string of the molecule is CCN(Cc1ccccc1)C(=O)c1ccc(NCc2ccc(Cl)cc2)nn1. The van der Waals surface area contributed by atoms with E-state index in [1.54, 1.807) is 17.0 Å². The van der Waals surface area contributed by atoms with E-state index in [0.717, 1.165) is 11.1 Å². The maximum absolute atomic E-state index is 12.7. The number of hydrogen-bond acceptors (Lipinski definition) is 4. The van der Waals surface area contributed by atoms with Crippen LogP contribution in [0.15, 0.2) is 66.7 Å². The lowest BCUT2D eigenvalue weighted by atomic mass is 10.2.